The first-order valence-electron chi connectivity index (χ1n) is 9.76. The lowest BCUT2D eigenvalue weighted by Crippen LogP contribution is -2.43. The molecule has 0 aromatic heterocycles. The molecule has 0 aliphatic heterocycles. The Labute approximate surface area is 184 Å². The number of carboxylic acids is 1. The number of carbonyl (C=O) groups is 2. The van der Waals surface area contributed by atoms with Crippen LogP contribution in [0.5, 0.6) is 5.75 Å². The fourth-order valence-electron chi connectivity index (χ4n) is 3.94. The number of halogens is 1. The van der Waals surface area contributed by atoms with Crippen molar-refractivity contribution >= 4 is 23.7 Å². The van der Waals surface area contributed by atoms with Crippen molar-refractivity contribution in [3.05, 3.63) is 88.4 Å². The number of phenols is 1. The van der Waals surface area contributed by atoms with Gasteiger partial charge in [0.25, 0.3) is 0 Å². The maximum Gasteiger partial charge on any atom is 0.407 e. The van der Waals surface area contributed by atoms with Crippen LogP contribution >= 0.6 is 11.6 Å². The average molecular weight is 438 g/mol. The minimum atomic E-state index is -1.30. The summed E-state index contributed by atoms with van der Waals surface area (Å²) in [7, 11) is 0. The maximum atomic E-state index is 12.4. The van der Waals surface area contributed by atoms with E-state index < -0.39 is 18.1 Å². The standard InChI is InChI=1S/C24H20ClNO5/c25-20-10-5-11-22(27)18(20)12-21(23(28)29)26-24(30)31-13-19-16-8-3-1-6-14(16)15-7-2-4-9-17(15)19/h1-11,19,21,27H,12-13H2,(H,26,30)(H,28,29). The molecule has 3 N–H and O–H groups in total. The Kier molecular flexibility index (Phi) is 5.82. The van der Waals surface area contributed by atoms with Gasteiger partial charge in [-0.25, -0.2) is 9.59 Å². The van der Waals surface area contributed by atoms with Gasteiger partial charge in [0.15, 0.2) is 0 Å². The fourth-order valence-corrected chi connectivity index (χ4v) is 4.18. The zero-order chi connectivity index (χ0) is 22.0. The molecule has 0 spiro atoms. The Bertz CT molecular complexity index is 1080. The average Bonchev–Trinajstić information content (AvgIpc) is 3.08. The zero-order valence-corrected chi connectivity index (χ0v) is 17.2. The number of carbonyl (C=O) groups excluding carboxylic acids is 1. The highest BCUT2D eigenvalue weighted by atomic mass is 35.5. The van der Waals surface area contributed by atoms with Crippen molar-refractivity contribution in [2.45, 2.75) is 18.4 Å². The van der Waals surface area contributed by atoms with Gasteiger partial charge in [0.1, 0.15) is 18.4 Å². The molecule has 0 saturated carbocycles. The van der Waals surface area contributed by atoms with Crippen molar-refractivity contribution < 1.29 is 24.5 Å². The number of alkyl carbamates (subject to hydrolysis) is 1. The highest BCUT2D eigenvalue weighted by Crippen LogP contribution is 2.44. The van der Waals surface area contributed by atoms with E-state index in [0.29, 0.717) is 0 Å². The SMILES string of the molecule is O=C(NC(Cc1c(O)cccc1Cl)C(=O)O)OCC1c2ccccc2-c2ccccc21. The zero-order valence-electron chi connectivity index (χ0n) is 16.4. The lowest BCUT2D eigenvalue weighted by atomic mass is 9.98. The number of aromatic hydroxyl groups is 1. The second-order valence-corrected chi connectivity index (χ2v) is 7.71. The van der Waals surface area contributed by atoms with E-state index in [0.717, 1.165) is 22.3 Å². The summed E-state index contributed by atoms with van der Waals surface area (Å²) in [6.45, 7) is 0.0730. The van der Waals surface area contributed by atoms with Gasteiger partial charge >= 0.3 is 12.1 Å². The molecular weight excluding hydrogens is 418 g/mol. The summed E-state index contributed by atoms with van der Waals surface area (Å²) in [6, 6.07) is 19.1. The van der Waals surface area contributed by atoms with Crippen LogP contribution in [0.4, 0.5) is 4.79 Å². The van der Waals surface area contributed by atoms with Crippen LogP contribution < -0.4 is 5.32 Å². The van der Waals surface area contributed by atoms with E-state index in [4.69, 9.17) is 16.3 Å². The van der Waals surface area contributed by atoms with Crippen molar-refractivity contribution in [2.24, 2.45) is 0 Å². The van der Waals surface area contributed by atoms with Crippen molar-refractivity contribution in [3.8, 4) is 16.9 Å². The third-order valence-corrected chi connectivity index (χ3v) is 5.79. The van der Waals surface area contributed by atoms with Crippen LogP contribution in [0.2, 0.25) is 5.02 Å². The molecule has 0 bridgehead atoms. The number of amides is 1. The largest absolute Gasteiger partial charge is 0.508 e. The normalized spacial score (nSPS) is 13.2. The van der Waals surface area contributed by atoms with Crippen LogP contribution in [0.15, 0.2) is 66.7 Å². The number of hydrogen-bond acceptors (Lipinski definition) is 4. The Hall–Kier alpha value is -3.51. The second kappa shape index (κ2) is 8.70. The molecule has 158 valence electrons. The van der Waals surface area contributed by atoms with E-state index >= 15 is 0 Å². The molecule has 1 aliphatic rings. The first kappa shape index (κ1) is 20.8. The van der Waals surface area contributed by atoms with E-state index in [1.54, 1.807) is 12.1 Å². The number of phenolic OH excluding ortho intramolecular Hbond substituents is 1. The number of ether oxygens (including phenoxy) is 1. The van der Waals surface area contributed by atoms with Crippen LogP contribution in [0.3, 0.4) is 0 Å². The fraction of sp³-hybridized carbons (Fsp3) is 0.167. The van der Waals surface area contributed by atoms with Gasteiger partial charge in [-0.3, -0.25) is 0 Å². The minimum Gasteiger partial charge on any atom is -0.508 e. The highest BCUT2D eigenvalue weighted by molar-refractivity contribution is 6.31. The van der Waals surface area contributed by atoms with Crippen LogP contribution in [-0.2, 0) is 16.0 Å². The van der Waals surface area contributed by atoms with Gasteiger partial charge in [0.2, 0.25) is 0 Å². The van der Waals surface area contributed by atoms with Gasteiger partial charge in [-0.2, -0.15) is 0 Å². The molecule has 0 heterocycles. The third-order valence-electron chi connectivity index (χ3n) is 5.44. The summed E-state index contributed by atoms with van der Waals surface area (Å²) in [5, 5.41) is 22.1. The maximum absolute atomic E-state index is 12.4. The van der Waals surface area contributed by atoms with Gasteiger partial charge in [-0.05, 0) is 34.4 Å². The Morgan fingerprint density at radius 3 is 2.16 bits per heavy atom. The first-order chi connectivity index (χ1) is 15.0. The predicted octanol–water partition coefficient (Wildman–Crippen LogP) is 4.58. The lowest BCUT2D eigenvalue weighted by molar-refractivity contribution is -0.139. The van der Waals surface area contributed by atoms with Gasteiger partial charge in [0.05, 0.1) is 0 Å². The molecule has 1 atom stereocenters. The smallest absolute Gasteiger partial charge is 0.407 e. The quantitative estimate of drug-likeness (QED) is 0.524. The molecular formula is C24H20ClNO5. The molecule has 1 unspecified atom stereocenters. The van der Waals surface area contributed by atoms with Crippen LogP contribution in [-0.4, -0.2) is 34.9 Å². The molecule has 3 aromatic rings. The molecule has 6 nitrogen and oxygen atoms in total. The van der Waals surface area contributed by atoms with E-state index in [2.05, 4.69) is 5.32 Å². The second-order valence-electron chi connectivity index (χ2n) is 7.30. The van der Waals surface area contributed by atoms with E-state index in [1.165, 1.54) is 6.07 Å². The monoisotopic (exact) mass is 437 g/mol. The number of fused-ring (bicyclic) bond motifs is 3. The molecule has 7 heteroatoms. The predicted molar refractivity (Wildman–Crippen MR) is 116 cm³/mol. The number of hydrogen-bond donors (Lipinski definition) is 3. The summed E-state index contributed by atoms with van der Waals surface area (Å²) < 4.78 is 5.41. The lowest BCUT2D eigenvalue weighted by Gasteiger charge is -2.18. The molecule has 0 saturated heterocycles. The summed E-state index contributed by atoms with van der Waals surface area (Å²) in [5.74, 6) is -1.52. The summed E-state index contributed by atoms with van der Waals surface area (Å²) in [5.41, 5.74) is 4.57. The van der Waals surface area contributed by atoms with Gasteiger partial charge in [-0.15, -0.1) is 0 Å². The molecule has 1 aliphatic carbocycles. The van der Waals surface area contributed by atoms with Crippen molar-refractivity contribution in [1.29, 1.82) is 0 Å². The molecule has 1 amide bonds. The molecule has 3 aromatic carbocycles. The molecule has 4 rings (SSSR count). The molecule has 0 fully saturated rings. The van der Waals surface area contributed by atoms with Crippen molar-refractivity contribution in [3.63, 3.8) is 0 Å². The highest BCUT2D eigenvalue weighted by Gasteiger charge is 2.30. The molecule has 0 radical (unpaired) electrons. The number of benzene rings is 3. The van der Waals surface area contributed by atoms with Crippen LogP contribution in [0.1, 0.15) is 22.6 Å². The van der Waals surface area contributed by atoms with Crippen molar-refractivity contribution in [1.82, 2.24) is 5.32 Å². The summed E-state index contributed by atoms with van der Waals surface area (Å²) in [6.07, 6.45) is -1.02. The van der Waals surface area contributed by atoms with Crippen molar-refractivity contribution in [2.75, 3.05) is 6.61 Å². The van der Waals surface area contributed by atoms with E-state index in [-0.39, 0.29) is 35.3 Å². The van der Waals surface area contributed by atoms with E-state index in [1.807, 2.05) is 48.5 Å². The van der Waals surface area contributed by atoms with Crippen LogP contribution in [0, 0.1) is 0 Å². The van der Waals surface area contributed by atoms with Gasteiger partial charge in [-0.1, -0.05) is 66.2 Å². The minimum absolute atomic E-state index is 0.0730. The van der Waals surface area contributed by atoms with Crippen LogP contribution in [0.25, 0.3) is 11.1 Å². The third kappa shape index (κ3) is 4.20. The first-order valence-corrected chi connectivity index (χ1v) is 10.1. The Balaban J connectivity index is 1.45. The summed E-state index contributed by atoms with van der Waals surface area (Å²) in [4.78, 5) is 24.1. The van der Waals surface area contributed by atoms with E-state index in [9.17, 15) is 19.8 Å². The number of nitrogens with one attached hydrogen (secondary N) is 1. The molecule has 31 heavy (non-hydrogen) atoms. The Morgan fingerprint density at radius 2 is 1.58 bits per heavy atom. The number of aliphatic carboxylic acids is 1. The summed E-state index contributed by atoms with van der Waals surface area (Å²) >= 11 is 6.06. The van der Waals surface area contributed by atoms with Gasteiger partial charge in [0, 0.05) is 22.9 Å². The number of carboxylic acid groups (broad SMARTS) is 1. The topological polar surface area (TPSA) is 95.9 Å². The Morgan fingerprint density at radius 1 is 0.968 bits per heavy atom. The van der Waals surface area contributed by atoms with Gasteiger partial charge < -0.3 is 20.3 Å². The number of rotatable bonds is 6.